The summed E-state index contributed by atoms with van der Waals surface area (Å²) in [5, 5.41) is 0. The predicted octanol–water partition coefficient (Wildman–Crippen LogP) is 2.31. The Morgan fingerprint density at radius 3 is 1.88 bits per heavy atom. The first-order valence-corrected chi connectivity index (χ1v) is 5.77. The molecule has 0 aliphatic heterocycles. The molecule has 0 atom stereocenters. The fraction of sp³-hybridized carbons (Fsp3) is 0.833. The summed E-state index contributed by atoms with van der Waals surface area (Å²) in [6, 6.07) is 0. The van der Waals surface area contributed by atoms with E-state index in [1.165, 1.54) is 14.2 Å². The molecule has 0 aromatic carbocycles. The van der Waals surface area contributed by atoms with E-state index in [1.54, 1.807) is 0 Å². The van der Waals surface area contributed by atoms with E-state index in [4.69, 9.17) is 0 Å². The first-order valence-electron chi connectivity index (χ1n) is 5.77. The summed E-state index contributed by atoms with van der Waals surface area (Å²) in [6.07, 6.45) is 4.76. The third-order valence-electron chi connectivity index (χ3n) is 2.58. The second-order valence-corrected chi connectivity index (χ2v) is 3.92. The molecule has 16 heavy (non-hydrogen) atoms. The molecule has 0 radical (unpaired) electrons. The van der Waals surface area contributed by atoms with Crippen LogP contribution in [-0.4, -0.2) is 26.2 Å². The molecule has 0 heterocycles. The lowest BCUT2D eigenvalue weighted by Crippen LogP contribution is -2.15. The Hall–Kier alpha value is -1.06. The molecule has 0 aliphatic rings. The van der Waals surface area contributed by atoms with Crippen LogP contribution in [-0.2, 0) is 19.1 Å². The zero-order chi connectivity index (χ0) is 12.4. The van der Waals surface area contributed by atoms with Crippen LogP contribution in [0.2, 0.25) is 0 Å². The summed E-state index contributed by atoms with van der Waals surface area (Å²) in [6.45, 7) is 2.12. The van der Waals surface area contributed by atoms with Crippen molar-refractivity contribution in [2.24, 2.45) is 5.92 Å². The van der Waals surface area contributed by atoms with E-state index in [9.17, 15) is 9.59 Å². The zero-order valence-corrected chi connectivity index (χ0v) is 10.5. The van der Waals surface area contributed by atoms with Gasteiger partial charge in [-0.2, -0.15) is 0 Å². The quantitative estimate of drug-likeness (QED) is 0.474. The van der Waals surface area contributed by atoms with E-state index in [2.05, 4.69) is 16.4 Å². The lowest BCUT2D eigenvalue weighted by atomic mass is 9.94. The molecule has 4 heteroatoms. The van der Waals surface area contributed by atoms with Crippen molar-refractivity contribution < 1.29 is 19.1 Å². The molecule has 0 rings (SSSR count). The van der Waals surface area contributed by atoms with Crippen LogP contribution in [0.4, 0.5) is 0 Å². The summed E-state index contributed by atoms with van der Waals surface area (Å²) < 4.78 is 9.22. The van der Waals surface area contributed by atoms with Crippen molar-refractivity contribution >= 4 is 11.9 Å². The molecule has 0 N–H and O–H groups in total. The van der Waals surface area contributed by atoms with Gasteiger partial charge in [0, 0.05) is 12.8 Å². The van der Waals surface area contributed by atoms with Gasteiger partial charge in [-0.1, -0.05) is 26.2 Å². The molecule has 0 bridgehead atoms. The number of methoxy groups -OCH3 is 2. The Labute approximate surface area is 97.3 Å². The average molecular weight is 230 g/mol. The molecule has 0 amide bonds. The Balaban J connectivity index is 4.04. The molecule has 0 spiro atoms. The van der Waals surface area contributed by atoms with Crippen molar-refractivity contribution in [1.29, 1.82) is 0 Å². The molecule has 0 aliphatic carbocycles. The molecule has 0 saturated heterocycles. The summed E-state index contributed by atoms with van der Waals surface area (Å²) in [7, 11) is 2.73. The Morgan fingerprint density at radius 1 is 1.00 bits per heavy atom. The van der Waals surface area contributed by atoms with Crippen LogP contribution < -0.4 is 0 Å². The maximum absolute atomic E-state index is 11.2. The fourth-order valence-electron chi connectivity index (χ4n) is 1.60. The van der Waals surface area contributed by atoms with E-state index in [-0.39, 0.29) is 17.9 Å². The molecule has 0 aromatic rings. The molecular weight excluding hydrogens is 208 g/mol. The number of rotatable bonds is 8. The van der Waals surface area contributed by atoms with Crippen LogP contribution >= 0.6 is 0 Å². The molecule has 0 saturated carbocycles. The lowest BCUT2D eigenvalue weighted by Gasteiger charge is -2.13. The van der Waals surface area contributed by atoms with E-state index in [0.29, 0.717) is 12.8 Å². The minimum absolute atomic E-state index is 0.0476. The van der Waals surface area contributed by atoms with Gasteiger partial charge in [0.1, 0.15) is 0 Å². The number of carbonyl (C=O) groups is 2. The molecular formula is C12H22O4. The maximum Gasteiger partial charge on any atom is 0.305 e. The summed E-state index contributed by atoms with van der Waals surface area (Å²) >= 11 is 0. The molecule has 0 unspecified atom stereocenters. The second-order valence-electron chi connectivity index (χ2n) is 3.92. The largest absolute Gasteiger partial charge is 0.469 e. The van der Waals surface area contributed by atoms with Crippen LogP contribution in [0.25, 0.3) is 0 Å². The smallest absolute Gasteiger partial charge is 0.305 e. The van der Waals surface area contributed by atoms with Gasteiger partial charge in [-0.15, -0.1) is 0 Å². The second kappa shape index (κ2) is 9.19. The topological polar surface area (TPSA) is 52.6 Å². The van der Waals surface area contributed by atoms with Gasteiger partial charge < -0.3 is 9.47 Å². The third-order valence-corrected chi connectivity index (χ3v) is 2.58. The third kappa shape index (κ3) is 7.26. The van der Waals surface area contributed by atoms with Crippen LogP contribution in [0.15, 0.2) is 0 Å². The van der Waals surface area contributed by atoms with Crippen LogP contribution in [0, 0.1) is 5.92 Å². The van der Waals surface area contributed by atoms with E-state index in [1.807, 2.05) is 0 Å². The average Bonchev–Trinajstić information content (AvgIpc) is 2.28. The molecule has 0 aromatic heterocycles. The van der Waals surface area contributed by atoms with Crippen molar-refractivity contribution in [2.45, 2.75) is 45.4 Å². The van der Waals surface area contributed by atoms with Crippen molar-refractivity contribution in [3.63, 3.8) is 0 Å². The van der Waals surface area contributed by atoms with Gasteiger partial charge in [-0.25, -0.2) is 0 Å². The predicted molar refractivity (Wildman–Crippen MR) is 60.9 cm³/mol. The Bertz CT molecular complexity index is 195. The van der Waals surface area contributed by atoms with E-state index < -0.39 is 0 Å². The van der Waals surface area contributed by atoms with Crippen LogP contribution in [0.5, 0.6) is 0 Å². The molecule has 0 fully saturated rings. The van der Waals surface area contributed by atoms with Gasteiger partial charge in [-0.3, -0.25) is 9.59 Å². The van der Waals surface area contributed by atoms with Crippen LogP contribution in [0.1, 0.15) is 45.4 Å². The summed E-state index contributed by atoms with van der Waals surface area (Å²) in [4.78, 5) is 22.3. The zero-order valence-electron chi connectivity index (χ0n) is 10.5. The number of hydrogen-bond donors (Lipinski definition) is 0. The Morgan fingerprint density at radius 2 is 1.50 bits per heavy atom. The fourth-order valence-corrected chi connectivity index (χ4v) is 1.60. The lowest BCUT2D eigenvalue weighted by molar-refractivity contribution is -0.144. The van der Waals surface area contributed by atoms with Crippen LogP contribution in [0.3, 0.4) is 0 Å². The van der Waals surface area contributed by atoms with Crippen molar-refractivity contribution in [3.05, 3.63) is 0 Å². The van der Waals surface area contributed by atoms with Gasteiger partial charge in [0.05, 0.1) is 14.2 Å². The highest BCUT2D eigenvalue weighted by molar-refractivity contribution is 5.73. The van der Waals surface area contributed by atoms with Gasteiger partial charge >= 0.3 is 11.9 Å². The van der Waals surface area contributed by atoms with Crippen molar-refractivity contribution in [1.82, 2.24) is 0 Å². The first-order chi connectivity index (χ1) is 7.63. The first kappa shape index (κ1) is 14.9. The Kier molecular flexibility index (Phi) is 8.58. The number of carbonyl (C=O) groups excluding carboxylic acids is 2. The number of hydrogen-bond acceptors (Lipinski definition) is 4. The highest BCUT2D eigenvalue weighted by Gasteiger charge is 2.18. The van der Waals surface area contributed by atoms with Crippen molar-refractivity contribution in [3.8, 4) is 0 Å². The number of esters is 2. The van der Waals surface area contributed by atoms with E-state index in [0.717, 1.165) is 25.7 Å². The summed E-state index contributed by atoms with van der Waals surface area (Å²) in [5.74, 6) is -0.470. The van der Waals surface area contributed by atoms with Crippen molar-refractivity contribution in [2.75, 3.05) is 14.2 Å². The molecule has 4 nitrogen and oxygen atoms in total. The van der Waals surface area contributed by atoms with E-state index >= 15 is 0 Å². The molecule has 94 valence electrons. The highest BCUT2D eigenvalue weighted by atomic mass is 16.5. The van der Waals surface area contributed by atoms with Gasteiger partial charge in [0.2, 0.25) is 0 Å². The van der Waals surface area contributed by atoms with Gasteiger partial charge in [0.25, 0.3) is 0 Å². The number of ether oxygens (including phenoxy) is 2. The minimum Gasteiger partial charge on any atom is -0.469 e. The number of unbranched alkanes of at least 4 members (excludes halogenated alkanes) is 2. The monoisotopic (exact) mass is 230 g/mol. The minimum atomic E-state index is -0.259. The van der Waals surface area contributed by atoms with Gasteiger partial charge in [0.15, 0.2) is 0 Å². The normalized spacial score (nSPS) is 10.2. The van der Waals surface area contributed by atoms with Gasteiger partial charge in [-0.05, 0) is 12.3 Å². The standard InChI is InChI=1S/C12H22O4/c1-4-5-6-7-10(8-11(13)15-2)9-12(14)16-3/h10H,4-9H2,1-3H3. The summed E-state index contributed by atoms with van der Waals surface area (Å²) in [5.41, 5.74) is 0. The SMILES string of the molecule is CCCCCC(CC(=O)OC)CC(=O)OC. The highest BCUT2D eigenvalue weighted by Crippen LogP contribution is 2.18. The maximum atomic E-state index is 11.2.